The number of amidine groups is 1. The average Bonchev–Trinajstić information content (AvgIpc) is 2.96. The van der Waals surface area contributed by atoms with Crippen LogP contribution in [-0.4, -0.2) is 11.1 Å². The van der Waals surface area contributed by atoms with Crippen LogP contribution in [0.1, 0.15) is 11.1 Å². The summed E-state index contributed by atoms with van der Waals surface area (Å²) in [6.07, 6.45) is 3.38. The molecule has 0 atom stereocenters. The Morgan fingerprint density at radius 2 is 2.04 bits per heavy atom. The summed E-state index contributed by atoms with van der Waals surface area (Å²) >= 11 is 13.8. The minimum absolute atomic E-state index is 0.263. The van der Waals surface area contributed by atoms with Crippen LogP contribution in [0.15, 0.2) is 46.3 Å². The number of hydrogen-bond donors (Lipinski definition) is 2. The lowest BCUT2D eigenvalue weighted by Gasteiger charge is -2.14. The van der Waals surface area contributed by atoms with E-state index in [-0.39, 0.29) is 11.1 Å². The summed E-state index contributed by atoms with van der Waals surface area (Å²) in [7, 11) is 0. The number of anilines is 2. The topological polar surface area (TPSA) is 77.3 Å². The Morgan fingerprint density at radius 1 is 1.27 bits per heavy atom. The van der Waals surface area contributed by atoms with E-state index in [2.05, 4.69) is 15.6 Å². The van der Waals surface area contributed by atoms with Crippen LogP contribution in [0.2, 0.25) is 10.0 Å². The van der Waals surface area contributed by atoms with E-state index in [4.69, 9.17) is 28.5 Å². The van der Waals surface area contributed by atoms with Crippen molar-refractivity contribution in [1.29, 1.82) is 5.26 Å². The van der Waals surface area contributed by atoms with Gasteiger partial charge in [-0.1, -0.05) is 47.5 Å². The number of nitrogens with one attached hydrogen (secondary N) is 2. The van der Waals surface area contributed by atoms with Gasteiger partial charge in [0, 0.05) is 5.69 Å². The number of carbonyl (C=O) groups excluding carboxylic acids is 1. The highest BCUT2D eigenvalue weighted by atomic mass is 35.5. The summed E-state index contributed by atoms with van der Waals surface area (Å²) in [6, 6.07) is 11.1. The maximum Gasteiger partial charge on any atom is 0.264 e. The molecule has 0 unspecified atom stereocenters. The predicted molar refractivity (Wildman–Crippen MR) is 108 cm³/mol. The molecule has 1 saturated heterocycles. The number of halogens is 2. The number of rotatable bonds is 3. The molecule has 1 amide bonds. The standard InChI is InChI=1S/C18H12Cl2N4OS/c1-10-6-7-12(19)16(15(10)20)23-13-5-3-2-4-11(13)8-14-17(25)24-18(26-14)22-9-21/h2-8,23H,1H3,(H,22,24,25)/b14-8-. The zero-order valence-electron chi connectivity index (χ0n) is 13.5. The Labute approximate surface area is 164 Å². The van der Waals surface area contributed by atoms with Gasteiger partial charge in [0.15, 0.2) is 5.17 Å². The van der Waals surface area contributed by atoms with Crippen molar-refractivity contribution in [3.8, 4) is 6.19 Å². The van der Waals surface area contributed by atoms with Gasteiger partial charge in [-0.05, 0) is 48.0 Å². The molecule has 2 aromatic carbocycles. The number of nitriles is 1. The number of amides is 1. The maximum atomic E-state index is 12.0. The minimum atomic E-state index is -0.301. The molecular formula is C18H12Cl2N4OS. The monoisotopic (exact) mass is 402 g/mol. The van der Waals surface area contributed by atoms with Gasteiger partial charge in [-0.2, -0.15) is 5.26 Å². The summed E-state index contributed by atoms with van der Waals surface area (Å²) in [5.74, 6) is -0.301. The Bertz CT molecular complexity index is 995. The third-order valence-electron chi connectivity index (χ3n) is 3.59. The van der Waals surface area contributed by atoms with E-state index in [0.717, 1.165) is 28.6 Å². The first kappa shape index (κ1) is 18.3. The molecule has 2 aromatic rings. The number of nitrogens with zero attached hydrogens (tertiary/aromatic N) is 2. The van der Waals surface area contributed by atoms with E-state index in [0.29, 0.717) is 20.6 Å². The summed E-state index contributed by atoms with van der Waals surface area (Å²) in [5.41, 5.74) is 3.03. The molecule has 2 N–H and O–H groups in total. The van der Waals surface area contributed by atoms with E-state index >= 15 is 0 Å². The van der Waals surface area contributed by atoms with Gasteiger partial charge in [0.05, 0.1) is 20.6 Å². The summed E-state index contributed by atoms with van der Waals surface area (Å²) in [6.45, 7) is 1.90. The number of benzene rings is 2. The number of carbonyl (C=O) groups is 1. The molecule has 0 bridgehead atoms. The highest BCUT2D eigenvalue weighted by Gasteiger charge is 2.24. The SMILES string of the molecule is Cc1ccc(Cl)c(Nc2ccccc2/C=C2\SC(=NC#N)NC2=O)c1Cl. The molecule has 8 heteroatoms. The van der Waals surface area contributed by atoms with Gasteiger partial charge >= 0.3 is 0 Å². The third-order valence-corrected chi connectivity index (χ3v) is 5.31. The maximum absolute atomic E-state index is 12.0. The van der Waals surface area contributed by atoms with E-state index < -0.39 is 0 Å². The minimum Gasteiger partial charge on any atom is -0.353 e. The molecule has 0 saturated carbocycles. The summed E-state index contributed by atoms with van der Waals surface area (Å²) in [5, 5.41) is 15.7. The Balaban J connectivity index is 1.97. The first-order valence-electron chi connectivity index (χ1n) is 7.48. The largest absolute Gasteiger partial charge is 0.353 e. The van der Waals surface area contributed by atoms with Crippen molar-refractivity contribution in [2.75, 3.05) is 5.32 Å². The van der Waals surface area contributed by atoms with Crippen LogP contribution in [0.3, 0.4) is 0 Å². The zero-order valence-corrected chi connectivity index (χ0v) is 15.8. The molecule has 3 rings (SSSR count). The first-order chi connectivity index (χ1) is 12.5. The second kappa shape index (κ2) is 7.83. The fraction of sp³-hybridized carbons (Fsp3) is 0.0556. The van der Waals surface area contributed by atoms with E-state index in [9.17, 15) is 4.79 Å². The quantitative estimate of drug-likeness (QED) is 0.553. The number of thioether (sulfide) groups is 1. The summed E-state index contributed by atoms with van der Waals surface area (Å²) < 4.78 is 0. The Kier molecular flexibility index (Phi) is 5.52. The smallest absolute Gasteiger partial charge is 0.264 e. The van der Waals surface area contributed by atoms with Crippen molar-refractivity contribution >= 4 is 63.5 Å². The highest BCUT2D eigenvalue weighted by Crippen LogP contribution is 2.37. The van der Waals surface area contributed by atoms with Crippen LogP contribution in [-0.2, 0) is 4.79 Å². The number of para-hydroxylation sites is 1. The first-order valence-corrected chi connectivity index (χ1v) is 9.05. The third kappa shape index (κ3) is 3.86. The van der Waals surface area contributed by atoms with Crippen LogP contribution in [0.4, 0.5) is 11.4 Å². The van der Waals surface area contributed by atoms with Crippen LogP contribution in [0.25, 0.3) is 6.08 Å². The number of aliphatic imine (C=N–C) groups is 1. The summed E-state index contributed by atoms with van der Waals surface area (Å²) in [4.78, 5) is 16.0. The van der Waals surface area contributed by atoms with Crippen molar-refractivity contribution in [3.05, 3.63) is 62.5 Å². The van der Waals surface area contributed by atoms with Gasteiger partial charge < -0.3 is 5.32 Å². The van der Waals surface area contributed by atoms with Crippen molar-refractivity contribution in [3.63, 3.8) is 0 Å². The van der Waals surface area contributed by atoms with E-state index in [1.165, 1.54) is 0 Å². The number of aryl methyl sites for hydroxylation is 1. The molecule has 26 heavy (non-hydrogen) atoms. The van der Waals surface area contributed by atoms with Crippen LogP contribution in [0, 0.1) is 18.4 Å². The molecule has 130 valence electrons. The van der Waals surface area contributed by atoms with Crippen LogP contribution >= 0.6 is 35.0 Å². The normalized spacial score (nSPS) is 16.6. The molecule has 1 aliphatic rings. The Hall–Kier alpha value is -2.46. The molecule has 0 radical (unpaired) electrons. The predicted octanol–water partition coefficient (Wildman–Crippen LogP) is 5.09. The van der Waals surface area contributed by atoms with Gasteiger partial charge in [-0.3, -0.25) is 10.1 Å². The van der Waals surface area contributed by atoms with Gasteiger partial charge in [-0.25, -0.2) is 0 Å². The molecular weight excluding hydrogens is 391 g/mol. The molecule has 1 aliphatic heterocycles. The number of hydrogen-bond acceptors (Lipinski definition) is 5. The molecule has 0 aromatic heterocycles. The van der Waals surface area contributed by atoms with Gasteiger partial charge in [-0.15, -0.1) is 4.99 Å². The van der Waals surface area contributed by atoms with Crippen LogP contribution < -0.4 is 10.6 Å². The van der Waals surface area contributed by atoms with Crippen LogP contribution in [0.5, 0.6) is 0 Å². The van der Waals surface area contributed by atoms with Gasteiger partial charge in [0.2, 0.25) is 6.19 Å². The lowest BCUT2D eigenvalue weighted by molar-refractivity contribution is -0.115. The van der Waals surface area contributed by atoms with E-state index in [1.54, 1.807) is 18.3 Å². The highest BCUT2D eigenvalue weighted by molar-refractivity contribution is 8.18. The second-order valence-electron chi connectivity index (χ2n) is 5.35. The van der Waals surface area contributed by atoms with Crippen molar-refractivity contribution in [1.82, 2.24) is 5.32 Å². The fourth-order valence-electron chi connectivity index (χ4n) is 2.31. The zero-order chi connectivity index (χ0) is 18.7. The molecule has 0 spiro atoms. The van der Waals surface area contributed by atoms with Crippen molar-refractivity contribution < 1.29 is 4.79 Å². The van der Waals surface area contributed by atoms with Crippen molar-refractivity contribution in [2.24, 2.45) is 4.99 Å². The van der Waals surface area contributed by atoms with Crippen molar-refractivity contribution in [2.45, 2.75) is 6.92 Å². The average molecular weight is 403 g/mol. The molecule has 0 aliphatic carbocycles. The van der Waals surface area contributed by atoms with Gasteiger partial charge in [0.25, 0.3) is 5.91 Å². The van der Waals surface area contributed by atoms with Gasteiger partial charge in [0.1, 0.15) is 0 Å². The lowest BCUT2D eigenvalue weighted by atomic mass is 10.1. The molecule has 1 fully saturated rings. The lowest BCUT2D eigenvalue weighted by Crippen LogP contribution is -2.19. The molecule has 5 nitrogen and oxygen atoms in total. The second-order valence-corrected chi connectivity index (χ2v) is 7.16. The molecule has 1 heterocycles. The Morgan fingerprint density at radius 3 is 2.81 bits per heavy atom. The van der Waals surface area contributed by atoms with E-state index in [1.807, 2.05) is 37.3 Å². The fourth-order valence-corrected chi connectivity index (χ4v) is 3.54.